The third-order valence-electron chi connectivity index (χ3n) is 4.88. The molecule has 0 amide bonds. The first kappa shape index (κ1) is 21.0. The van der Waals surface area contributed by atoms with E-state index in [0.717, 1.165) is 36.6 Å². The first-order chi connectivity index (χ1) is 14.4. The fraction of sp³-hybridized carbons (Fsp3) is 0.227. The Bertz CT molecular complexity index is 1330. The average molecular weight is 460 g/mol. The fourth-order valence-electron chi connectivity index (χ4n) is 3.43. The summed E-state index contributed by atoms with van der Waals surface area (Å²) < 4.78 is 43.2. The lowest BCUT2D eigenvalue weighted by atomic mass is 10.1. The van der Waals surface area contributed by atoms with Gasteiger partial charge in [-0.05, 0) is 30.0 Å². The maximum Gasteiger partial charge on any atom is 0.262 e. The predicted molar refractivity (Wildman–Crippen MR) is 123 cm³/mol. The van der Waals surface area contributed by atoms with E-state index in [0.29, 0.717) is 6.54 Å². The van der Waals surface area contributed by atoms with Crippen LogP contribution in [-0.2, 0) is 16.7 Å². The fourth-order valence-corrected chi connectivity index (χ4v) is 6.08. The molecule has 0 aliphatic carbocycles. The van der Waals surface area contributed by atoms with Gasteiger partial charge >= 0.3 is 0 Å². The second-order valence-corrected chi connectivity index (χ2v) is 10.5. The number of hydrogen-bond acceptors (Lipinski definition) is 6. The SMILES string of the molecule is COc1cc2sc(/C=C/c3ccc(C)cc3)[n+](CCCS(=O)(=O)[O-])c2c2sccc12. The monoisotopic (exact) mass is 459 g/mol. The molecule has 0 unspecified atom stereocenters. The molecule has 0 atom stereocenters. The first-order valence-electron chi connectivity index (χ1n) is 9.44. The van der Waals surface area contributed by atoms with E-state index < -0.39 is 10.1 Å². The Balaban J connectivity index is 1.82. The van der Waals surface area contributed by atoms with Crippen molar-refractivity contribution in [2.75, 3.05) is 12.9 Å². The molecule has 0 fully saturated rings. The van der Waals surface area contributed by atoms with E-state index >= 15 is 0 Å². The van der Waals surface area contributed by atoms with Gasteiger partial charge in [0.1, 0.15) is 15.1 Å². The van der Waals surface area contributed by atoms with Crippen molar-refractivity contribution in [1.82, 2.24) is 0 Å². The van der Waals surface area contributed by atoms with Crippen LogP contribution in [0.25, 0.3) is 32.5 Å². The standard InChI is InChI=1S/C22H21NO4S3/c1-15-4-6-16(7-5-15)8-9-20-23(11-3-13-30(24,25)26)21-19(29-20)14-18(27-2)17-10-12-28-22(17)21/h4-10,12,14H,3,11,13H2,1-2H3/b9-8+. The number of benzene rings is 2. The number of ether oxygens (including phenoxy) is 1. The Kier molecular flexibility index (Phi) is 5.92. The maximum absolute atomic E-state index is 11.1. The largest absolute Gasteiger partial charge is 0.748 e. The van der Waals surface area contributed by atoms with E-state index in [-0.39, 0.29) is 12.2 Å². The van der Waals surface area contributed by atoms with Crippen molar-refractivity contribution < 1.29 is 22.3 Å². The Labute approximate surface area is 183 Å². The Hall–Kier alpha value is -2.26. The van der Waals surface area contributed by atoms with Gasteiger partial charge in [0.2, 0.25) is 5.52 Å². The van der Waals surface area contributed by atoms with Gasteiger partial charge in [-0.15, -0.1) is 11.3 Å². The summed E-state index contributed by atoms with van der Waals surface area (Å²) in [6.07, 6.45) is 4.37. The molecule has 0 aliphatic rings. The minimum atomic E-state index is -4.24. The number of nitrogens with zero attached hydrogens (tertiary/aromatic N) is 1. The molecule has 0 saturated carbocycles. The van der Waals surface area contributed by atoms with Crippen LogP contribution in [0.15, 0.2) is 41.8 Å². The van der Waals surface area contributed by atoms with Crippen LogP contribution >= 0.6 is 22.7 Å². The minimum absolute atomic E-state index is 0.270. The first-order valence-corrected chi connectivity index (χ1v) is 12.7. The lowest BCUT2D eigenvalue weighted by Gasteiger charge is -2.05. The lowest BCUT2D eigenvalue weighted by molar-refractivity contribution is -0.667. The summed E-state index contributed by atoms with van der Waals surface area (Å²) in [5.74, 6) is 0.450. The lowest BCUT2D eigenvalue weighted by Crippen LogP contribution is -2.36. The Morgan fingerprint density at radius 3 is 2.63 bits per heavy atom. The zero-order valence-electron chi connectivity index (χ0n) is 16.6. The van der Waals surface area contributed by atoms with E-state index in [1.54, 1.807) is 29.8 Å². The van der Waals surface area contributed by atoms with Gasteiger partial charge in [0.25, 0.3) is 5.01 Å². The third-order valence-corrected chi connectivity index (χ3v) is 7.69. The van der Waals surface area contributed by atoms with E-state index in [9.17, 15) is 13.0 Å². The molecule has 2 aromatic heterocycles. The van der Waals surface area contributed by atoms with Crippen LogP contribution in [0.2, 0.25) is 0 Å². The van der Waals surface area contributed by atoms with Crippen molar-refractivity contribution in [3.63, 3.8) is 0 Å². The number of rotatable bonds is 7. The van der Waals surface area contributed by atoms with Crippen molar-refractivity contribution in [3.05, 3.63) is 57.9 Å². The van der Waals surface area contributed by atoms with Crippen LogP contribution in [0.3, 0.4) is 0 Å². The summed E-state index contributed by atoms with van der Waals surface area (Å²) >= 11 is 3.26. The van der Waals surface area contributed by atoms with Crippen LogP contribution in [0.5, 0.6) is 5.75 Å². The van der Waals surface area contributed by atoms with Crippen LogP contribution in [0.1, 0.15) is 22.6 Å². The topological polar surface area (TPSA) is 70.3 Å². The molecule has 156 valence electrons. The molecule has 0 N–H and O–H groups in total. The number of thiazole rings is 1. The van der Waals surface area contributed by atoms with E-state index in [1.165, 1.54) is 5.56 Å². The molecule has 0 spiro atoms. The number of methoxy groups -OCH3 is 1. The predicted octanol–water partition coefficient (Wildman–Crippen LogP) is 4.83. The molecule has 30 heavy (non-hydrogen) atoms. The number of fused-ring (bicyclic) bond motifs is 3. The highest BCUT2D eigenvalue weighted by molar-refractivity contribution is 7.85. The minimum Gasteiger partial charge on any atom is -0.748 e. The van der Waals surface area contributed by atoms with Gasteiger partial charge in [0.05, 0.1) is 17.2 Å². The molecule has 5 nitrogen and oxygen atoms in total. The summed E-state index contributed by atoms with van der Waals surface area (Å²) in [5.41, 5.74) is 3.35. The van der Waals surface area contributed by atoms with Gasteiger partial charge in [0.15, 0.2) is 6.54 Å². The van der Waals surface area contributed by atoms with Crippen LogP contribution in [-0.4, -0.2) is 25.8 Å². The van der Waals surface area contributed by atoms with E-state index in [2.05, 4.69) is 35.8 Å². The molecule has 0 saturated heterocycles. The molecule has 2 aromatic carbocycles. The zero-order valence-corrected chi connectivity index (χ0v) is 19.1. The number of thiophene rings is 1. The second-order valence-electron chi connectivity index (χ2n) is 7.04. The van der Waals surface area contributed by atoms with Gasteiger partial charge in [-0.2, -0.15) is 4.57 Å². The average Bonchev–Trinajstić information content (AvgIpc) is 3.30. The molecule has 8 heteroatoms. The molecule has 2 heterocycles. The van der Waals surface area contributed by atoms with Gasteiger partial charge < -0.3 is 9.29 Å². The molecule has 0 aliphatic heterocycles. The quantitative estimate of drug-likeness (QED) is 0.293. The summed E-state index contributed by atoms with van der Waals surface area (Å²) in [6, 6.07) is 12.3. The van der Waals surface area contributed by atoms with Crippen molar-refractivity contribution in [3.8, 4) is 5.75 Å². The van der Waals surface area contributed by atoms with Gasteiger partial charge in [-0.3, -0.25) is 0 Å². The number of hydrogen-bond donors (Lipinski definition) is 0. The van der Waals surface area contributed by atoms with Gasteiger partial charge in [-0.1, -0.05) is 41.2 Å². The number of aryl methyl sites for hydroxylation is 2. The Morgan fingerprint density at radius 1 is 1.17 bits per heavy atom. The smallest absolute Gasteiger partial charge is 0.262 e. The highest BCUT2D eigenvalue weighted by Gasteiger charge is 2.24. The summed E-state index contributed by atoms with van der Waals surface area (Å²) in [7, 11) is -2.58. The summed E-state index contributed by atoms with van der Waals surface area (Å²) in [5, 5.41) is 4.06. The molecule has 4 aromatic rings. The van der Waals surface area contributed by atoms with Crippen molar-refractivity contribution >= 4 is 65.2 Å². The normalized spacial score (nSPS) is 12.4. The van der Waals surface area contributed by atoms with Gasteiger partial charge in [0, 0.05) is 29.7 Å². The van der Waals surface area contributed by atoms with Crippen LogP contribution in [0, 0.1) is 6.92 Å². The van der Waals surface area contributed by atoms with Crippen LogP contribution < -0.4 is 9.30 Å². The van der Waals surface area contributed by atoms with Crippen molar-refractivity contribution in [2.24, 2.45) is 0 Å². The highest BCUT2D eigenvalue weighted by atomic mass is 32.2. The molecular formula is C22H21NO4S3. The number of aromatic nitrogens is 1. The maximum atomic E-state index is 11.1. The molecular weight excluding hydrogens is 438 g/mol. The molecule has 4 rings (SSSR count). The molecule has 0 bridgehead atoms. The van der Waals surface area contributed by atoms with Gasteiger partial charge in [-0.25, -0.2) is 8.42 Å². The molecule has 0 radical (unpaired) electrons. The third kappa shape index (κ3) is 4.41. The summed E-state index contributed by atoms with van der Waals surface area (Å²) in [4.78, 5) is 0. The van der Waals surface area contributed by atoms with E-state index in [4.69, 9.17) is 4.74 Å². The van der Waals surface area contributed by atoms with Crippen LogP contribution in [0.4, 0.5) is 0 Å². The van der Waals surface area contributed by atoms with Crippen molar-refractivity contribution in [2.45, 2.75) is 19.9 Å². The van der Waals surface area contributed by atoms with E-state index in [1.807, 2.05) is 29.7 Å². The highest BCUT2D eigenvalue weighted by Crippen LogP contribution is 2.38. The summed E-state index contributed by atoms with van der Waals surface area (Å²) in [6.45, 7) is 2.51. The van der Waals surface area contributed by atoms with Crippen molar-refractivity contribution in [1.29, 1.82) is 0 Å². The second kappa shape index (κ2) is 8.47. The zero-order chi connectivity index (χ0) is 21.3. The Morgan fingerprint density at radius 2 is 1.93 bits per heavy atom.